The van der Waals surface area contributed by atoms with Crippen molar-refractivity contribution in [3.05, 3.63) is 35.9 Å². The van der Waals surface area contributed by atoms with Crippen LogP contribution in [0.3, 0.4) is 0 Å². The van der Waals surface area contributed by atoms with Crippen LogP contribution < -0.4 is 11.1 Å². The van der Waals surface area contributed by atoms with Gasteiger partial charge in [0.1, 0.15) is 0 Å². The maximum absolute atomic E-state index is 6.18. The zero-order valence-corrected chi connectivity index (χ0v) is 10.9. The Labute approximate surface area is 105 Å². The Kier molecular flexibility index (Phi) is 3.85. The number of hydrogen-bond donors (Lipinski definition) is 2. The lowest BCUT2D eigenvalue weighted by atomic mass is 9.92. The van der Waals surface area contributed by atoms with Crippen molar-refractivity contribution in [2.75, 3.05) is 6.54 Å². The monoisotopic (exact) mass is 232 g/mol. The summed E-state index contributed by atoms with van der Waals surface area (Å²) in [7, 11) is 0. The van der Waals surface area contributed by atoms with Gasteiger partial charge in [0.2, 0.25) is 0 Å². The van der Waals surface area contributed by atoms with Crippen LogP contribution in [0.5, 0.6) is 0 Å². The fourth-order valence-electron chi connectivity index (χ4n) is 2.72. The molecule has 0 spiro atoms. The van der Waals surface area contributed by atoms with Gasteiger partial charge in [0, 0.05) is 18.6 Å². The van der Waals surface area contributed by atoms with Crippen molar-refractivity contribution in [2.45, 2.75) is 45.2 Å². The van der Waals surface area contributed by atoms with E-state index >= 15 is 0 Å². The smallest absolute Gasteiger partial charge is 0.0421 e. The lowest BCUT2D eigenvalue weighted by Gasteiger charge is -2.20. The van der Waals surface area contributed by atoms with Gasteiger partial charge in [0.25, 0.3) is 0 Å². The number of nitrogens with two attached hydrogens (primary N) is 1. The predicted molar refractivity (Wildman–Crippen MR) is 72.8 cm³/mol. The lowest BCUT2D eigenvalue weighted by molar-refractivity contribution is 0.362. The highest BCUT2D eigenvalue weighted by Crippen LogP contribution is 2.36. The molecule has 2 atom stereocenters. The molecule has 1 saturated carbocycles. The molecule has 2 heteroatoms. The molecule has 1 aliphatic carbocycles. The number of hydrogen-bond acceptors (Lipinski definition) is 2. The van der Waals surface area contributed by atoms with Crippen LogP contribution in [-0.2, 0) is 0 Å². The second-order valence-electron chi connectivity index (χ2n) is 6.03. The summed E-state index contributed by atoms with van der Waals surface area (Å²) in [6.07, 6.45) is 3.88. The van der Waals surface area contributed by atoms with Gasteiger partial charge in [-0.05, 0) is 30.2 Å². The Balaban J connectivity index is 1.79. The third kappa shape index (κ3) is 3.55. The highest BCUT2D eigenvalue weighted by molar-refractivity contribution is 5.18. The molecule has 94 valence electrons. The van der Waals surface area contributed by atoms with Crippen LogP contribution >= 0.6 is 0 Å². The van der Waals surface area contributed by atoms with Crippen molar-refractivity contribution >= 4 is 0 Å². The summed E-state index contributed by atoms with van der Waals surface area (Å²) >= 11 is 0. The van der Waals surface area contributed by atoms with E-state index in [0.29, 0.717) is 11.5 Å². The fraction of sp³-hybridized carbons (Fsp3) is 0.600. The Morgan fingerprint density at radius 1 is 1.35 bits per heavy atom. The van der Waals surface area contributed by atoms with Crippen LogP contribution in [0.2, 0.25) is 0 Å². The van der Waals surface area contributed by atoms with Crippen molar-refractivity contribution in [1.29, 1.82) is 0 Å². The molecule has 0 aromatic heterocycles. The maximum atomic E-state index is 6.18. The van der Waals surface area contributed by atoms with E-state index in [1.807, 2.05) is 18.2 Å². The molecule has 1 aromatic rings. The highest BCUT2D eigenvalue weighted by atomic mass is 14.9. The molecule has 2 nitrogen and oxygen atoms in total. The number of benzene rings is 1. The normalized spacial score (nSPS) is 24.8. The minimum absolute atomic E-state index is 0.111. The molecule has 1 fully saturated rings. The second-order valence-corrected chi connectivity index (χ2v) is 6.03. The van der Waals surface area contributed by atoms with Gasteiger partial charge in [-0.3, -0.25) is 0 Å². The zero-order chi connectivity index (χ0) is 12.3. The first-order valence-electron chi connectivity index (χ1n) is 6.61. The SMILES string of the molecule is CC1(C)CCC(NCC(N)c2ccccc2)C1. The van der Waals surface area contributed by atoms with E-state index in [2.05, 4.69) is 31.3 Å². The minimum atomic E-state index is 0.111. The molecular weight excluding hydrogens is 208 g/mol. The molecule has 0 bridgehead atoms. The summed E-state index contributed by atoms with van der Waals surface area (Å²) in [6.45, 7) is 5.59. The molecule has 1 aromatic carbocycles. The molecule has 0 radical (unpaired) electrons. The Bertz CT molecular complexity index is 345. The molecule has 0 saturated heterocycles. The van der Waals surface area contributed by atoms with Crippen molar-refractivity contribution in [3.8, 4) is 0 Å². The van der Waals surface area contributed by atoms with Gasteiger partial charge in [0.15, 0.2) is 0 Å². The largest absolute Gasteiger partial charge is 0.323 e. The zero-order valence-electron chi connectivity index (χ0n) is 10.9. The minimum Gasteiger partial charge on any atom is -0.323 e. The molecule has 17 heavy (non-hydrogen) atoms. The molecule has 2 rings (SSSR count). The van der Waals surface area contributed by atoms with E-state index in [0.717, 1.165) is 6.54 Å². The van der Waals surface area contributed by atoms with Crippen molar-refractivity contribution < 1.29 is 0 Å². The van der Waals surface area contributed by atoms with Crippen LogP contribution in [0.15, 0.2) is 30.3 Å². The average Bonchev–Trinajstić information content (AvgIpc) is 2.67. The highest BCUT2D eigenvalue weighted by Gasteiger charge is 2.30. The Morgan fingerprint density at radius 3 is 2.65 bits per heavy atom. The summed E-state index contributed by atoms with van der Waals surface area (Å²) in [6, 6.07) is 11.1. The third-order valence-corrected chi connectivity index (χ3v) is 3.82. The first-order valence-corrected chi connectivity index (χ1v) is 6.61. The van der Waals surface area contributed by atoms with Crippen molar-refractivity contribution in [2.24, 2.45) is 11.1 Å². The number of rotatable bonds is 4. The van der Waals surface area contributed by atoms with Crippen molar-refractivity contribution in [1.82, 2.24) is 5.32 Å². The molecule has 0 amide bonds. The Morgan fingerprint density at radius 2 is 2.06 bits per heavy atom. The number of nitrogens with one attached hydrogen (secondary N) is 1. The quantitative estimate of drug-likeness (QED) is 0.837. The van der Waals surface area contributed by atoms with Crippen LogP contribution in [0, 0.1) is 5.41 Å². The molecular formula is C15H24N2. The van der Waals surface area contributed by atoms with Gasteiger partial charge in [0.05, 0.1) is 0 Å². The maximum Gasteiger partial charge on any atom is 0.0421 e. The van der Waals surface area contributed by atoms with Gasteiger partial charge < -0.3 is 11.1 Å². The van der Waals surface area contributed by atoms with E-state index in [9.17, 15) is 0 Å². The summed E-state index contributed by atoms with van der Waals surface area (Å²) in [4.78, 5) is 0. The lowest BCUT2D eigenvalue weighted by Crippen LogP contribution is -2.34. The summed E-state index contributed by atoms with van der Waals surface area (Å²) in [5.74, 6) is 0. The summed E-state index contributed by atoms with van der Waals surface area (Å²) < 4.78 is 0. The third-order valence-electron chi connectivity index (χ3n) is 3.82. The molecule has 0 aliphatic heterocycles. The van der Waals surface area contributed by atoms with E-state index in [-0.39, 0.29) is 6.04 Å². The molecule has 1 aliphatic rings. The average molecular weight is 232 g/mol. The van der Waals surface area contributed by atoms with Crippen LogP contribution in [0.4, 0.5) is 0 Å². The summed E-state index contributed by atoms with van der Waals surface area (Å²) in [5.41, 5.74) is 7.91. The fourth-order valence-corrected chi connectivity index (χ4v) is 2.72. The van der Waals surface area contributed by atoms with Crippen LogP contribution in [0.25, 0.3) is 0 Å². The first-order chi connectivity index (χ1) is 8.07. The predicted octanol–water partition coefficient (Wildman–Crippen LogP) is 2.85. The van der Waals surface area contributed by atoms with E-state index in [1.54, 1.807) is 0 Å². The van der Waals surface area contributed by atoms with Crippen LogP contribution in [-0.4, -0.2) is 12.6 Å². The van der Waals surface area contributed by atoms with Crippen LogP contribution in [0.1, 0.15) is 44.7 Å². The first kappa shape index (κ1) is 12.6. The molecule has 2 unspecified atom stereocenters. The molecule has 3 N–H and O–H groups in total. The summed E-state index contributed by atoms with van der Waals surface area (Å²) in [5, 5.41) is 3.61. The second kappa shape index (κ2) is 5.19. The molecule has 0 heterocycles. The topological polar surface area (TPSA) is 38.0 Å². The van der Waals surface area contributed by atoms with Gasteiger partial charge in [-0.15, -0.1) is 0 Å². The van der Waals surface area contributed by atoms with Gasteiger partial charge >= 0.3 is 0 Å². The van der Waals surface area contributed by atoms with E-state index in [1.165, 1.54) is 24.8 Å². The van der Waals surface area contributed by atoms with Gasteiger partial charge in [-0.2, -0.15) is 0 Å². The van der Waals surface area contributed by atoms with Gasteiger partial charge in [-0.25, -0.2) is 0 Å². The van der Waals surface area contributed by atoms with Crippen molar-refractivity contribution in [3.63, 3.8) is 0 Å². The van der Waals surface area contributed by atoms with E-state index in [4.69, 9.17) is 5.73 Å². The standard InChI is InChI=1S/C15H24N2/c1-15(2)9-8-13(10-15)17-11-14(16)12-6-4-3-5-7-12/h3-7,13-14,17H,8-11,16H2,1-2H3. The Hall–Kier alpha value is -0.860. The van der Waals surface area contributed by atoms with E-state index < -0.39 is 0 Å². The van der Waals surface area contributed by atoms with Gasteiger partial charge in [-0.1, -0.05) is 44.2 Å².